The zero-order valence-electron chi connectivity index (χ0n) is 23.4. The molecule has 41 heavy (non-hydrogen) atoms. The molecule has 0 fully saturated rings. The predicted molar refractivity (Wildman–Crippen MR) is 152 cm³/mol. The van der Waals surface area contributed by atoms with E-state index in [0.717, 1.165) is 23.3 Å². The molecule has 2 amide bonds. The fraction of sp³-hybridized carbons (Fsp3) is 0.333. The van der Waals surface area contributed by atoms with E-state index >= 15 is 0 Å². The van der Waals surface area contributed by atoms with Gasteiger partial charge in [0, 0.05) is 13.1 Å². The van der Waals surface area contributed by atoms with E-state index in [0.29, 0.717) is 22.5 Å². The Kier molecular flexibility index (Phi) is 10.2. The van der Waals surface area contributed by atoms with Gasteiger partial charge in [-0.2, -0.15) is 13.2 Å². The van der Waals surface area contributed by atoms with Crippen molar-refractivity contribution in [3.8, 4) is 0 Å². The summed E-state index contributed by atoms with van der Waals surface area (Å²) in [5, 5.41) is 2.71. The van der Waals surface area contributed by atoms with Crippen molar-refractivity contribution in [3.05, 3.63) is 95.1 Å². The number of hydrogen-bond acceptors (Lipinski definition) is 4. The van der Waals surface area contributed by atoms with Crippen molar-refractivity contribution in [2.75, 3.05) is 17.4 Å². The zero-order valence-corrected chi connectivity index (χ0v) is 24.2. The molecule has 1 atom stereocenters. The van der Waals surface area contributed by atoms with E-state index in [2.05, 4.69) is 5.32 Å². The maximum absolute atomic E-state index is 13.9. The number of likely N-dealkylation sites (N-methyl/N-ethyl adjacent to an activating group) is 1. The minimum Gasteiger partial charge on any atom is -0.355 e. The molecular weight excluding hydrogens is 555 g/mol. The van der Waals surface area contributed by atoms with Crippen LogP contribution in [0.15, 0.2) is 77.7 Å². The Balaban J connectivity index is 2.11. The second-order valence-electron chi connectivity index (χ2n) is 9.70. The Morgan fingerprint density at radius 1 is 0.902 bits per heavy atom. The number of aryl methyl sites for hydroxylation is 2. The fourth-order valence-corrected chi connectivity index (χ4v) is 5.71. The Bertz CT molecular complexity index is 1460. The smallest absolute Gasteiger partial charge is 0.355 e. The first-order valence-corrected chi connectivity index (χ1v) is 14.6. The molecule has 0 saturated carbocycles. The van der Waals surface area contributed by atoms with Crippen molar-refractivity contribution in [1.82, 2.24) is 10.2 Å². The van der Waals surface area contributed by atoms with Crippen molar-refractivity contribution in [2.24, 2.45) is 0 Å². The van der Waals surface area contributed by atoms with Crippen molar-refractivity contribution < 1.29 is 31.2 Å². The van der Waals surface area contributed by atoms with Crippen LogP contribution < -0.4 is 9.62 Å². The van der Waals surface area contributed by atoms with Gasteiger partial charge in [0.1, 0.15) is 12.6 Å². The van der Waals surface area contributed by atoms with Crippen LogP contribution in [0.1, 0.15) is 42.5 Å². The molecule has 0 heterocycles. The summed E-state index contributed by atoms with van der Waals surface area (Å²) in [5.41, 5.74) is 1.09. The number of rotatable bonds is 11. The Hall–Kier alpha value is -3.86. The Morgan fingerprint density at radius 3 is 2.02 bits per heavy atom. The van der Waals surface area contributed by atoms with Gasteiger partial charge in [-0.05, 0) is 63.1 Å². The highest BCUT2D eigenvalue weighted by molar-refractivity contribution is 7.92. The van der Waals surface area contributed by atoms with Crippen LogP contribution in [0, 0.1) is 13.8 Å². The fourth-order valence-electron chi connectivity index (χ4n) is 4.31. The molecule has 3 aromatic rings. The van der Waals surface area contributed by atoms with Crippen LogP contribution in [0.3, 0.4) is 0 Å². The molecule has 0 saturated heterocycles. The number of alkyl halides is 3. The highest BCUT2D eigenvalue weighted by Crippen LogP contribution is 2.33. The van der Waals surface area contributed by atoms with E-state index in [1.54, 1.807) is 45.0 Å². The summed E-state index contributed by atoms with van der Waals surface area (Å²) in [4.78, 5) is 28.0. The third-order valence-corrected chi connectivity index (χ3v) is 8.35. The second kappa shape index (κ2) is 13.2. The van der Waals surface area contributed by atoms with E-state index in [1.165, 1.54) is 23.1 Å². The van der Waals surface area contributed by atoms with Crippen LogP contribution in [0.5, 0.6) is 0 Å². The molecule has 0 aromatic heterocycles. The summed E-state index contributed by atoms with van der Waals surface area (Å²) in [5.74, 6) is -1.15. The van der Waals surface area contributed by atoms with Gasteiger partial charge in [0.25, 0.3) is 10.0 Å². The monoisotopic (exact) mass is 589 g/mol. The van der Waals surface area contributed by atoms with Crippen molar-refractivity contribution in [2.45, 2.75) is 57.8 Å². The molecule has 0 aliphatic rings. The number of anilines is 1. The molecule has 0 unspecified atom stereocenters. The minimum absolute atomic E-state index is 0.00420. The number of nitrogens with one attached hydrogen (secondary N) is 1. The number of hydrogen-bond donors (Lipinski definition) is 1. The Morgan fingerprint density at radius 2 is 1.49 bits per heavy atom. The lowest BCUT2D eigenvalue weighted by Crippen LogP contribution is -2.52. The molecule has 0 radical (unpaired) electrons. The lowest BCUT2D eigenvalue weighted by Gasteiger charge is -2.33. The first-order chi connectivity index (χ1) is 19.3. The molecule has 220 valence electrons. The van der Waals surface area contributed by atoms with Gasteiger partial charge in [0.2, 0.25) is 11.8 Å². The molecule has 0 aliphatic carbocycles. The van der Waals surface area contributed by atoms with Crippen LogP contribution in [-0.2, 0) is 32.3 Å². The third kappa shape index (κ3) is 7.87. The zero-order chi connectivity index (χ0) is 30.4. The predicted octanol–water partition coefficient (Wildman–Crippen LogP) is 5.46. The molecule has 11 heteroatoms. The standard InChI is InChI=1S/C30H34F3N3O4S/c1-5-27(29(38)34-6-2)35(19-23-14-10-21(3)11-15-23)28(37)20-36(25-9-7-8-24(18-25)30(31,32)33)41(39,40)26-16-12-22(4)13-17-26/h7-18,27H,5-6,19-20H2,1-4H3,(H,34,38)/t27-/m1/s1. The average Bonchev–Trinajstić information content (AvgIpc) is 2.92. The van der Waals surface area contributed by atoms with Gasteiger partial charge < -0.3 is 10.2 Å². The second-order valence-corrected chi connectivity index (χ2v) is 11.6. The molecule has 7 nitrogen and oxygen atoms in total. The lowest BCUT2D eigenvalue weighted by atomic mass is 10.1. The molecule has 3 aromatic carbocycles. The first-order valence-electron chi connectivity index (χ1n) is 13.2. The molecular formula is C30H34F3N3O4S. The van der Waals surface area contributed by atoms with Crippen LogP contribution in [0.2, 0.25) is 0 Å². The molecule has 3 rings (SSSR count). The average molecular weight is 590 g/mol. The van der Waals surface area contributed by atoms with E-state index in [9.17, 15) is 31.2 Å². The number of sulfonamides is 1. The van der Waals surface area contributed by atoms with Crippen molar-refractivity contribution in [3.63, 3.8) is 0 Å². The van der Waals surface area contributed by atoms with Gasteiger partial charge in [0.15, 0.2) is 0 Å². The van der Waals surface area contributed by atoms with Crippen LogP contribution in [0.4, 0.5) is 18.9 Å². The summed E-state index contributed by atoms with van der Waals surface area (Å²) in [6.07, 6.45) is -4.50. The minimum atomic E-state index is -4.73. The van der Waals surface area contributed by atoms with Gasteiger partial charge in [-0.1, -0.05) is 60.5 Å². The highest BCUT2D eigenvalue weighted by atomic mass is 32.2. The summed E-state index contributed by atoms with van der Waals surface area (Å²) in [6.45, 7) is 6.62. The quantitative estimate of drug-likeness (QED) is 0.322. The van der Waals surface area contributed by atoms with E-state index in [1.807, 2.05) is 19.1 Å². The van der Waals surface area contributed by atoms with E-state index in [4.69, 9.17) is 0 Å². The van der Waals surface area contributed by atoms with Crippen LogP contribution >= 0.6 is 0 Å². The van der Waals surface area contributed by atoms with Gasteiger partial charge in [-0.3, -0.25) is 13.9 Å². The van der Waals surface area contributed by atoms with Crippen molar-refractivity contribution >= 4 is 27.5 Å². The van der Waals surface area contributed by atoms with Gasteiger partial charge in [0.05, 0.1) is 16.1 Å². The number of benzene rings is 3. The topological polar surface area (TPSA) is 86.8 Å². The molecule has 1 N–H and O–H groups in total. The van der Waals surface area contributed by atoms with Crippen molar-refractivity contribution in [1.29, 1.82) is 0 Å². The van der Waals surface area contributed by atoms with Gasteiger partial charge >= 0.3 is 6.18 Å². The van der Waals surface area contributed by atoms with Crippen LogP contribution in [0.25, 0.3) is 0 Å². The normalized spacial score (nSPS) is 12.5. The summed E-state index contributed by atoms with van der Waals surface area (Å²) >= 11 is 0. The first kappa shape index (κ1) is 31.7. The third-order valence-electron chi connectivity index (χ3n) is 6.56. The number of nitrogens with zero attached hydrogens (tertiary/aromatic N) is 2. The largest absolute Gasteiger partial charge is 0.416 e. The molecule has 0 spiro atoms. The van der Waals surface area contributed by atoms with E-state index in [-0.39, 0.29) is 23.5 Å². The lowest BCUT2D eigenvalue weighted by molar-refractivity contribution is -0.140. The number of carbonyl (C=O) groups excluding carboxylic acids is 2. The number of amides is 2. The maximum atomic E-state index is 13.9. The number of halogens is 3. The Labute approximate surface area is 239 Å². The summed E-state index contributed by atoms with van der Waals surface area (Å²) in [6, 6.07) is 16.0. The SMILES string of the molecule is CCNC(=O)[C@@H](CC)N(Cc1ccc(C)cc1)C(=O)CN(c1cccc(C(F)(F)F)c1)S(=O)(=O)c1ccc(C)cc1. The maximum Gasteiger partial charge on any atom is 0.416 e. The summed E-state index contributed by atoms with van der Waals surface area (Å²) in [7, 11) is -4.49. The highest BCUT2D eigenvalue weighted by Gasteiger charge is 2.35. The number of carbonyl (C=O) groups is 2. The van der Waals surface area contributed by atoms with Gasteiger partial charge in [-0.25, -0.2) is 8.42 Å². The molecule has 0 aliphatic heterocycles. The summed E-state index contributed by atoms with van der Waals surface area (Å²) < 4.78 is 69.1. The van der Waals surface area contributed by atoms with Crippen LogP contribution in [-0.4, -0.2) is 44.3 Å². The van der Waals surface area contributed by atoms with Gasteiger partial charge in [-0.15, -0.1) is 0 Å². The molecule has 0 bridgehead atoms. The van der Waals surface area contributed by atoms with E-state index < -0.39 is 46.2 Å².